The quantitative estimate of drug-likeness (QED) is 0.428. The van der Waals surface area contributed by atoms with Gasteiger partial charge in [-0.2, -0.15) is 43.9 Å². The molecule has 0 aromatic heterocycles. The van der Waals surface area contributed by atoms with Crippen molar-refractivity contribution in [1.29, 1.82) is 0 Å². The molecule has 14 heteroatoms. The molecule has 0 aliphatic carbocycles. The zero-order valence-electron chi connectivity index (χ0n) is 13.4. The number of esters is 1. The maximum absolute atomic E-state index is 14.2. The molecule has 1 heterocycles. The molecule has 27 heavy (non-hydrogen) atoms. The number of alkyl halides is 10. The van der Waals surface area contributed by atoms with E-state index in [4.69, 9.17) is 5.11 Å². The predicted octanol–water partition coefficient (Wildman–Crippen LogP) is 3.74. The lowest BCUT2D eigenvalue weighted by molar-refractivity contribution is -0.538. The molecule has 0 aromatic rings. The highest BCUT2D eigenvalue weighted by molar-refractivity contribution is 5.87. The molecule has 0 saturated carbocycles. The number of ether oxygens (including phenoxy) is 2. The molecule has 1 saturated heterocycles. The van der Waals surface area contributed by atoms with Gasteiger partial charge in [-0.3, -0.25) is 0 Å². The monoisotopic (exact) mass is 422 g/mol. The number of hydrogen-bond acceptors (Lipinski definition) is 4. The fourth-order valence-electron chi connectivity index (χ4n) is 2.38. The van der Waals surface area contributed by atoms with Gasteiger partial charge in [0, 0.05) is 5.57 Å². The first kappa shape index (κ1) is 23.5. The summed E-state index contributed by atoms with van der Waals surface area (Å²) >= 11 is 0. The number of carbonyl (C=O) groups is 1. The highest BCUT2D eigenvalue weighted by Crippen LogP contribution is 2.63. The molecule has 0 aromatic carbocycles. The van der Waals surface area contributed by atoms with Crippen molar-refractivity contribution in [2.45, 2.75) is 62.0 Å². The number of halogens is 10. The van der Waals surface area contributed by atoms with Crippen LogP contribution in [-0.4, -0.2) is 52.8 Å². The van der Waals surface area contributed by atoms with Gasteiger partial charge in [-0.1, -0.05) is 13.5 Å². The van der Waals surface area contributed by atoms with Crippen LogP contribution in [0.3, 0.4) is 0 Å². The third-order valence-corrected chi connectivity index (χ3v) is 3.90. The fraction of sp³-hybridized carbons (Fsp3) is 0.769. The minimum atomic E-state index is -6.66. The molecule has 158 valence electrons. The second kappa shape index (κ2) is 6.22. The summed E-state index contributed by atoms with van der Waals surface area (Å²) in [6.07, 6.45) is -19.9. The minimum Gasteiger partial charge on any atom is -0.414 e. The molecule has 1 rings (SSSR count). The van der Waals surface area contributed by atoms with E-state index in [1.807, 2.05) is 0 Å². The summed E-state index contributed by atoms with van der Waals surface area (Å²) in [7, 11) is 0. The third-order valence-electron chi connectivity index (χ3n) is 3.90. The van der Waals surface area contributed by atoms with Crippen molar-refractivity contribution in [2.24, 2.45) is 0 Å². The lowest BCUT2D eigenvalue weighted by Crippen LogP contribution is -2.83. The Labute approximate surface area is 144 Å². The van der Waals surface area contributed by atoms with E-state index in [0.717, 1.165) is 0 Å². The average molecular weight is 422 g/mol. The second-order valence-corrected chi connectivity index (χ2v) is 5.71. The van der Waals surface area contributed by atoms with Crippen molar-refractivity contribution in [3.63, 3.8) is 0 Å². The number of aliphatic hydroxyl groups is 1. The first-order valence-electron chi connectivity index (χ1n) is 6.91. The standard InChI is InChI=1S/C13H12F10O4/c1-4-8(12(18,19)20)9(14,15)7(25)10(16,17)11(27-8,13(21,22)23)26-6(24)5(2)3/h7,25H,2,4H2,1,3H3. The Morgan fingerprint density at radius 3 is 1.81 bits per heavy atom. The van der Waals surface area contributed by atoms with E-state index >= 15 is 0 Å². The summed E-state index contributed by atoms with van der Waals surface area (Å²) in [4.78, 5) is 11.4. The summed E-state index contributed by atoms with van der Waals surface area (Å²) in [6.45, 7) is 3.67. The summed E-state index contributed by atoms with van der Waals surface area (Å²) in [6, 6.07) is 0. The maximum atomic E-state index is 14.2. The number of rotatable bonds is 3. The van der Waals surface area contributed by atoms with Crippen molar-refractivity contribution >= 4 is 5.97 Å². The Morgan fingerprint density at radius 2 is 1.52 bits per heavy atom. The smallest absolute Gasteiger partial charge is 0.414 e. The van der Waals surface area contributed by atoms with E-state index in [0.29, 0.717) is 6.92 Å². The Kier molecular flexibility index (Phi) is 5.41. The van der Waals surface area contributed by atoms with Crippen LogP contribution in [0.1, 0.15) is 20.3 Å². The molecule has 1 aliphatic heterocycles. The lowest BCUT2D eigenvalue weighted by atomic mass is 9.79. The average Bonchev–Trinajstić information content (AvgIpc) is 2.45. The van der Waals surface area contributed by atoms with Crippen molar-refractivity contribution in [3.05, 3.63) is 12.2 Å². The van der Waals surface area contributed by atoms with E-state index in [-0.39, 0.29) is 6.92 Å². The summed E-state index contributed by atoms with van der Waals surface area (Å²) in [5.41, 5.74) is -6.23. The largest absolute Gasteiger partial charge is 0.462 e. The van der Waals surface area contributed by atoms with Crippen LogP contribution in [0.5, 0.6) is 0 Å². The highest BCUT2D eigenvalue weighted by Gasteiger charge is 2.91. The van der Waals surface area contributed by atoms with Gasteiger partial charge in [0.25, 0.3) is 0 Å². The topological polar surface area (TPSA) is 55.8 Å². The van der Waals surface area contributed by atoms with Gasteiger partial charge in [-0.05, 0) is 13.3 Å². The van der Waals surface area contributed by atoms with Crippen LogP contribution in [0.25, 0.3) is 0 Å². The van der Waals surface area contributed by atoms with Crippen molar-refractivity contribution in [2.75, 3.05) is 0 Å². The summed E-state index contributed by atoms with van der Waals surface area (Å²) < 4.78 is 143. The zero-order valence-corrected chi connectivity index (χ0v) is 13.4. The molecule has 1 fully saturated rings. The normalized spacial score (nSPS) is 33.4. The summed E-state index contributed by atoms with van der Waals surface area (Å²) in [5.74, 6) is -20.3. The number of hydrogen-bond donors (Lipinski definition) is 1. The van der Waals surface area contributed by atoms with Gasteiger partial charge in [0.05, 0.1) is 0 Å². The van der Waals surface area contributed by atoms with Gasteiger partial charge >= 0.3 is 36.0 Å². The molecule has 4 nitrogen and oxygen atoms in total. The lowest BCUT2D eigenvalue weighted by Gasteiger charge is -2.55. The fourth-order valence-corrected chi connectivity index (χ4v) is 2.38. The first-order valence-corrected chi connectivity index (χ1v) is 6.91. The minimum absolute atomic E-state index is 0.263. The first-order chi connectivity index (χ1) is 11.7. The van der Waals surface area contributed by atoms with Gasteiger partial charge in [-0.15, -0.1) is 0 Å². The predicted molar refractivity (Wildman–Crippen MR) is 65.8 cm³/mol. The van der Waals surface area contributed by atoms with Crippen LogP contribution in [0.2, 0.25) is 0 Å². The van der Waals surface area contributed by atoms with Gasteiger partial charge in [0.1, 0.15) is 0 Å². The molecule has 1 aliphatic rings. The van der Waals surface area contributed by atoms with Crippen LogP contribution < -0.4 is 0 Å². The van der Waals surface area contributed by atoms with Crippen LogP contribution in [0, 0.1) is 0 Å². The zero-order chi connectivity index (χ0) is 21.9. The number of carbonyl (C=O) groups excluding carboxylic acids is 1. The highest BCUT2D eigenvalue weighted by atomic mass is 19.4. The molecular weight excluding hydrogens is 410 g/mol. The van der Waals surface area contributed by atoms with Crippen LogP contribution >= 0.6 is 0 Å². The SMILES string of the molecule is C=C(C)C(=O)OC1(C(F)(F)F)OC(CC)(C(F)(F)F)C(F)(F)C(O)C1(F)F. The van der Waals surface area contributed by atoms with Crippen molar-refractivity contribution in [3.8, 4) is 0 Å². The molecule has 1 N–H and O–H groups in total. The Morgan fingerprint density at radius 1 is 1.07 bits per heavy atom. The van der Waals surface area contributed by atoms with Gasteiger partial charge in [0.15, 0.2) is 6.10 Å². The van der Waals surface area contributed by atoms with E-state index in [1.165, 1.54) is 0 Å². The van der Waals surface area contributed by atoms with Gasteiger partial charge in [0.2, 0.25) is 5.60 Å². The molecule has 0 radical (unpaired) electrons. The Bertz CT molecular complexity index is 626. The molecule has 0 spiro atoms. The van der Waals surface area contributed by atoms with Crippen molar-refractivity contribution < 1.29 is 63.3 Å². The third kappa shape index (κ3) is 2.96. The van der Waals surface area contributed by atoms with E-state index < -0.39 is 59.7 Å². The van der Waals surface area contributed by atoms with Crippen LogP contribution in [-0.2, 0) is 14.3 Å². The Hall–Kier alpha value is -1.57. The van der Waals surface area contributed by atoms with E-state index in [2.05, 4.69) is 16.1 Å². The maximum Gasteiger partial charge on any atom is 0.462 e. The van der Waals surface area contributed by atoms with Crippen molar-refractivity contribution in [1.82, 2.24) is 0 Å². The molecule has 3 atom stereocenters. The van der Waals surface area contributed by atoms with Gasteiger partial charge in [-0.25, -0.2) is 4.79 Å². The molecule has 3 unspecified atom stereocenters. The van der Waals surface area contributed by atoms with Crippen LogP contribution in [0.4, 0.5) is 43.9 Å². The molecular formula is C13H12F10O4. The van der Waals surface area contributed by atoms with E-state index in [1.54, 1.807) is 0 Å². The van der Waals surface area contributed by atoms with Crippen LogP contribution in [0.15, 0.2) is 12.2 Å². The molecule has 0 bridgehead atoms. The van der Waals surface area contributed by atoms with E-state index in [9.17, 15) is 48.7 Å². The van der Waals surface area contributed by atoms with Gasteiger partial charge < -0.3 is 14.6 Å². The molecule has 0 amide bonds. The second-order valence-electron chi connectivity index (χ2n) is 5.71. The Balaban J connectivity index is 3.91. The summed E-state index contributed by atoms with van der Waals surface area (Å²) in [5, 5.41) is 9.15. The number of aliphatic hydroxyl groups excluding tert-OH is 1.